The summed E-state index contributed by atoms with van der Waals surface area (Å²) >= 11 is 1.88. The number of hydrogen-bond donors (Lipinski definition) is 1. The van der Waals surface area contributed by atoms with E-state index in [4.69, 9.17) is 0 Å². The number of hydrogen-bond acceptors (Lipinski definition) is 6. The van der Waals surface area contributed by atoms with Gasteiger partial charge in [0.15, 0.2) is 0 Å². The molecular weight excluding hydrogens is 441 g/mol. The number of fused-ring (bicyclic) bond motifs is 3. The van der Waals surface area contributed by atoms with Crippen LogP contribution in [0.25, 0.3) is 21.8 Å². The Labute approximate surface area is 195 Å². The summed E-state index contributed by atoms with van der Waals surface area (Å²) in [4.78, 5) is 19.3. The minimum atomic E-state index is -0.531. The van der Waals surface area contributed by atoms with Gasteiger partial charge < -0.3 is 9.77 Å². The van der Waals surface area contributed by atoms with Gasteiger partial charge in [0, 0.05) is 68.2 Å². The average Bonchev–Trinajstić information content (AvgIpc) is 3.16. The highest BCUT2D eigenvalue weighted by atomic mass is 32.2. The molecule has 3 aromatic heterocycles. The maximum absolute atomic E-state index is 13.4. The third-order valence-corrected chi connectivity index (χ3v) is 7.12. The molecule has 0 bridgehead atoms. The number of benzene rings is 1. The van der Waals surface area contributed by atoms with Crippen LogP contribution < -0.4 is 5.56 Å². The molecule has 0 radical (unpaired) electrons. The summed E-state index contributed by atoms with van der Waals surface area (Å²) in [5.74, 6) is 0.822. The lowest BCUT2D eigenvalue weighted by molar-refractivity contribution is 0.176. The topological polar surface area (TPSA) is 66.5 Å². The highest BCUT2D eigenvalue weighted by Gasteiger charge is 2.21. The van der Waals surface area contributed by atoms with Crippen LogP contribution in [0.15, 0.2) is 53.7 Å². The Morgan fingerprint density at radius 3 is 2.58 bits per heavy atom. The molecule has 4 aromatic rings. The van der Waals surface area contributed by atoms with E-state index >= 15 is 0 Å². The van der Waals surface area contributed by atoms with Crippen molar-refractivity contribution in [2.45, 2.75) is 20.0 Å². The summed E-state index contributed by atoms with van der Waals surface area (Å²) in [5, 5.41) is 11.5. The van der Waals surface area contributed by atoms with E-state index in [2.05, 4.69) is 31.9 Å². The van der Waals surface area contributed by atoms with E-state index < -0.39 is 5.56 Å². The van der Waals surface area contributed by atoms with Gasteiger partial charge in [-0.25, -0.2) is 13.7 Å². The van der Waals surface area contributed by atoms with Crippen molar-refractivity contribution in [3.05, 3.63) is 76.2 Å². The minimum Gasteiger partial charge on any atom is -0.425 e. The Morgan fingerprint density at radius 1 is 1.09 bits per heavy atom. The normalized spacial score (nSPS) is 15.6. The van der Waals surface area contributed by atoms with Gasteiger partial charge in [0.25, 0.3) is 0 Å². The molecule has 1 aliphatic rings. The Bertz CT molecular complexity index is 1340. The van der Waals surface area contributed by atoms with Gasteiger partial charge in [-0.05, 0) is 29.3 Å². The van der Waals surface area contributed by atoms with E-state index in [0.29, 0.717) is 11.3 Å². The van der Waals surface area contributed by atoms with Crippen molar-refractivity contribution in [2.75, 3.05) is 31.9 Å². The first-order valence-corrected chi connectivity index (χ1v) is 12.0. The van der Waals surface area contributed by atoms with E-state index in [1.807, 2.05) is 11.9 Å². The highest BCUT2D eigenvalue weighted by Crippen LogP contribution is 2.29. The van der Waals surface area contributed by atoms with Crippen LogP contribution in [0.1, 0.15) is 18.1 Å². The third kappa shape index (κ3) is 4.36. The second-order valence-electron chi connectivity index (χ2n) is 8.28. The monoisotopic (exact) mass is 467 g/mol. The van der Waals surface area contributed by atoms with Gasteiger partial charge in [-0.2, -0.15) is 4.73 Å². The number of pyridine rings is 2. The minimum absolute atomic E-state index is 0.248. The molecule has 0 unspecified atom stereocenters. The summed E-state index contributed by atoms with van der Waals surface area (Å²) in [5.41, 5.74) is 2.73. The molecule has 1 saturated heterocycles. The van der Waals surface area contributed by atoms with E-state index in [-0.39, 0.29) is 11.3 Å². The van der Waals surface area contributed by atoms with Crippen LogP contribution in [-0.4, -0.2) is 60.6 Å². The van der Waals surface area contributed by atoms with E-state index in [1.54, 1.807) is 24.4 Å². The Morgan fingerprint density at radius 2 is 1.85 bits per heavy atom. The van der Waals surface area contributed by atoms with Crippen LogP contribution in [0.4, 0.5) is 4.39 Å². The van der Waals surface area contributed by atoms with Gasteiger partial charge in [0.2, 0.25) is 0 Å². The summed E-state index contributed by atoms with van der Waals surface area (Å²) in [7, 11) is 0. The molecule has 0 amide bonds. The van der Waals surface area contributed by atoms with Crippen LogP contribution in [-0.2, 0) is 13.1 Å². The molecule has 0 atom stereocenters. The molecule has 1 N–H and O–H groups in total. The zero-order valence-electron chi connectivity index (χ0n) is 18.4. The molecule has 0 saturated carbocycles. The van der Waals surface area contributed by atoms with Gasteiger partial charge in [-0.1, -0.05) is 31.0 Å². The van der Waals surface area contributed by atoms with Crippen LogP contribution in [0, 0.1) is 5.82 Å². The number of aromatic nitrogens is 3. The highest BCUT2D eigenvalue weighted by molar-refractivity contribution is 7.96. The van der Waals surface area contributed by atoms with Crippen LogP contribution in [0.2, 0.25) is 0 Å². The van der Waals surface area contributed by atoms with E-state index in [1.165, 1.54) is 18.3 Å². The van der Waals surface area contributed by atoms with Crippen molar-refractivity contribution in [2.24, 2.45) is 0 Å². The molecular formula is C24H26FN5O2S. The summed E-state index contributed by atoms with van der Waals surface area (Å²) < 4.78 is 18.5. The number of piperazine rings is 1. The number of halogens is 1. The maximum Gasteiger partial charge on any atom is 0.309 e. The van der Waals surface area contributed by atoms with Gasteiger partial charge in [-0.15, -0.1) is 0 Å². The van der Waals surface area contributed by atoms with Crippen LogP contribution in [0.5, 0.6) is 0 Å². The first-order chi connectivity index (χ1) is 16.0. The Balaban J connectivity index is 1.56. The fraction of sp³-hybridized carbons (Fsp3) is 0.333. The van der Waals surface area contributed by atoms with Crippen LogP contribution in [0.3, 0.4) is 0 Å². The first kappa shape index (κ1) is 21.9. The lowest BCUT2D eigenvalue weighted by Gasteiger charge is -2.33. The maximum atomic E-state index is 13.4. The Kier molecular flexibility index (Phi) is 6.09. The second kappa shape index (κ2) is 9.17. The molecule has 1 aromatic carbocycles. The van der Waals surface area contributed by atoms with Crippen molar-refractivity contribution in [3.63, 3.8) is 0 Å². The SMILES string of the molecule is CCSN1CCN(Cc2cn(Cc3ccc(F)cc3)c3cnc4c(=O)n(O)ccc4c23)CC1. The standard InChI is InChI=1S/C24H26FN5O2S/c1-2-33-29-11-9-27(10-12-29)15-18-16-28(14-17-3-5-19(25)6-4-17)21-13-26-23-20(22(18)21)7-8-30(32)24(23)31/h3-8,13,16,32H,2,9-12,14-15H2,1H3. The lowest BCUT2D eigenvalue weighted by Crippen LogP contribution is -2.42. The molecule has 1 fully saturated rings. The molecule has 7 nitrogen and oxygen atoms in total. The van der Waals surface area contributed by atoms with Crippen molar-refractivity contribution in [1.29, 1.82) is 0 Å². The van der Waals surface area contributed by atoms with Gasteiger partial charge >= 0.3 is 5.56 Å². The first-order valence-electron chi connectivity index (χ1n) is 11.1. The summed E-state index contributed by atoms with van der Waals surface area (Å²) in [6, 6.07) is 8.24. The lowest BCUT2D eigenvalue weighted by atomic mass is 10.1. The summed E-state index contributed by atoms with van der Waals surface area (Å²) in [6.45, 7) is 7.50. The quantitative estimate of drug-likeness (QED) is 0.346. The zero-order valence-corrected chi connectivity index (χ0v) is 19.3. The van der Waals surface area contributed by atoms with Crippen molar-refractivity contribution in [1.82, 2.24) is 23.5 Å². The zero-order chi connectivity index (χ0) is 22.9. The predicted molar refractivity (Wildman–Crippen MR) is 129 cm³/mol. The Hall–Kier alpha value is -2.88. The fourth-order valence-electron chi connectivity index (χ4n) is 4.53. The van der Waals surface area contributed by atoms with Gasteiger partial charge in [0.05, 0.1) is 11.7 Å². The molecule has 0 spiro atoms. The largest absolute Gasteiger partial charge is 0.425 e. The van der Waals surface area contributed by atoms with Crippen molar-refractivity contribution in [3.8, 4) is 0 Å². The van der Waals surface area contributed by atoms with Crippen molar-refractivity contribution >= 4 is 33.8 Å². The molecule has 33 heavy (non-hydrogen) atoms. The van der Waals surface area contributed by atoms with E-state index in [9.17, 15) is 14.4 Å². The smallest absolute Gasteiger partial charge is 0.309 e. The number of rotatable bonds is 6. The predicted octanol–water partition coefficient (Wildman–Crippen LogP) is 3.56. The average molecular weight is 468 g/mol. The second-order valence-corrected chi connectivity index (χ2v) is 9.63. The molecule has 0 aliphatic carbocycles. The molecule has 4 heterocycles. The molecule has 172 valence electrons. The molecule has 5 rings (SSSR count). The van der Waals surface area contributed by atoms with Gasteiger partial charge in [0.1, 0.15) is 11.3 Å². The number of nitrogens with zero attached hydrogens (tertiary/aromatic N) is 5. The van der Waals surface area contributed by atoms with Crippen molar-refractivity contribution < 1.29 is 9.60 Å². The van der Waals surface area contributed by atoms with E-state index in [0.717, 1.165) is 65.9 Å². The molecule has 9 heteroatoms. The van der Waals surface area contributed by atoms with Crippen LogP contribution >= 0.6 is 11.9 Å². The summed E-state index contributed by atoms with van der Waals surface area (Å²) in [6.07, 6.45) is 5.18. The fourth-order valence-corrected chi connectivity index (χ4v) is 5.31. The molecule has 1 aliphatic heterocycles. The third-order valence-electron chi connectivity index (χ3n) is 6.13. The van der Waals surface area contributed by atoms with Gasteiger partial charge in [-0.3, -0.25) is 9.69 Å².